The molecule has 0 aromatic rings. The van der Waals surface area contributed by atoms with E-state index in [1.54, 1.807) is 0 Å². The van der Waals surface area contributed by atoms with E-state index in [9.17, 15) is 19.5 Å². The van der Waals surface area contributed by atoms with Crippen molar-refractivity contribution < 1.29 is 42.9 Å². The lowest BCUT2D eigenvalue weighted by molar-refractivity contribution is -0.870. The molecule has 2 atom stereocenters. The van der Waals surface area contributed by atoms with E-state index >= 15 is 0 Å². The highest BCUT2D eigenvalue weighted by atomic mass is 16.7. The van der Waals surface area contributed by atoms with Crippen LogP contribution in [-0.4, -0.2) is 87.4 Å². The molecule has 9 nitrogen and oxygen atoms in total. The summed E-state index contributed by atoms with van der Waals surface area (Å²) >= 11 is 0. The first-order chi connectivity index (χ1) is 45.6. The van der Waals surface area contributed by atoms with Gasteiger partial charge in [-0.1, -0.05) is 342 Å². The second kappa shape index (κ2) is 73.8. The molecule has 0 radical (unpaired) electrons. The van der Waals surface area contributed by atoms with Crippen LogP contribution in [0.4, 0.5) is 0 Å². The molecule has 0 rings (SSSR count). The number of nitrogens with zero attached hydrogens (tertiary/aromatic N) is 1. The third-order valence-corrected chi connectivity index (χ3v) is 17.0. The summed E-state index contributed by atoms with van der Waals surface area (Å²) in [5.41, 5.74) is 0. The first kappa shape index (κ1) is 89.0. The van der Waals surface area contributed by atoms with E-state index in [0.717, 1.165) is 89.9 Å². The maximum absolute atomic E-state index is 13.0. The van der Waals surface area contributed by atoms with Crippen LogP contribution in [0.2, 0.25) is 0 Å². The van der Waals surface area contributed by atoms with Crippen molar-refractivity contribution >= 4 is 17.9 Å². The molecular formula is C84H148NO8+. The van der Waals surface area contributed by atoms with Crippen molar-refractivity contribution in [2.24, 2.45) is 0 Å². The van der Waals surface area contributed by atoms with Gasteiger partial charge in [-0.2, -0.15) is 0 Å². The average Bonchev–Trinajstić information content (AvgIpc) is 3.38. The lowest BCUT2D eigenvalue weighted by Gasteiger charge is -2.25. The molecule has 0 bridgehead atoms. The molecule has 2 unspecified atom stereocenters. The number of carboxylic acids is 1. The number of carbonyl (C=O) groups is 3. The van der Waals surface area contributed by atoms with Crippen molar-refractivity contribution in [2.45, 2.75) is 360 Å². The zero-order valence-electron chi connectivity index (χ0n) is 61.4. The number of unbranched alkanes of at least 4 members (excludes halogenated alkanes) is 39. The fourth-order valence-electron chi connectivity index (χ4n) is 11.1. The number of hydrogen-bond acceptors (Lipinski definition) is 7. The number of carboxylic acid groups (broad SMARTS) is 1. The lowest BCUT2D eigenvalue weighted by Crippen LogP contribution is -2.40. The van der Waals surface area contributed by atoms with Gasteiger partial charge in [-0.15, -0.1) is 0 Å². The van der Waals surface area contributed by atoms with Crippen molar-refractivity contribution in [3.63, 3.8) is 0 Å². The molecule has 0 amide bonds. The molecule has 0 spiro atoms. The summed E-state index contributed by atoms with van der Waals surface area (Å²) in [5, 5.41) is 9.77. The van der Waals surface area contributed by atoms with Crippen molar-refractivity contribution in [1.29, 1.82) is 0 Å². The summed E-state index contributed by atoms with van der Waals surface area (Å²) in [5.74, 6) is -1.99. The average molecular weight is 1300 g/mol. The molecule has 93 heavy (non-hydrogen) atoms. The molecule has 0 aliphatic rings. The third kappa shape index (κ3) is 75.2. The zero-order valence-corrected chi connectivity index (χ0v) is 61.4. The quantitative estimate of drug-likeness (QED) is 0.0211. The molecule has 0 aromatic heterocycles. The van der Waals surface area contributed by atoms with Gasteiger partial charge >= 0.3 is 17.9 Å². The Morgan fingerprint density at radius 2 is 0.613 bits per heavy atom. The Bertz CT molecular complexity index is 1900. The highest BCUT2D eigenvalue weighted by Crippen LogP contribution is 2.18. The molecule has 0 fully saturated rings. The number of hydrogen-bond donors (Lipinski definition) is 1. The standard InChI is InChI=1S/C84H147NO8/c1-6-8-10-12-14-16-18-20-22-24-26-28-30-32-34-36-37-38-39-40-41-42-43-44-45-47-49-51-53-55-57-59-61-63-65-67-69-71-73-75-82(87)93-80(79-92-84(83(88)89)90-77-76-85(3,4)5)78-91-81(86)74-72-70-68-66-64-62-60-58-56-54-52-50-48-46-35-33-31-29-27-25-23-21-19-17-15-13-11-9-7-2/h8,10,14,16,20,22,25-28,32,34,37-38,40-41,43-44,80,84H,6-7,9,11-13,15,17-19,21,23-24,29-31,33,35-36,39,42,45-79H2,1-5H3/p+1/b10-8-,16-14-,22-20-,27-25-,28-26-,34-32-,38-37-,41-40-,44-43-. The minimum absolute atomic E-state index is 0.182. The number of aliphatic carboxylic acids is 1. The highest BCUT2D eigenvalue weighted by molar-refractivity contribution is 5.71. The van der Waals surface area contributed by atoms with Crippen LogP contribution in [0, 0.1) is 0 Å². The minimum atomic E-state index is -1.51. The summed E-state index contributed by atoms with van der Waals surface area (Å²) in [7, 11) is 5.99. The normalized spacial score (nSPS) is 13.3. The predicted octanol–water partition coefficient (Wildman–Crippen LogP) is 24.9. The van der Waals surface area contributed by atoms with Crippen LogP contribution in [0.5, 0.6) is 0 Å². The van der Waals surface area contributed by atoms with Gasteiger partial charge in [0.25, 0.3) is 6.29 Å². The van der Waals surface area contributed by atoms with Gasteiger partial charge in [-0.05, 0) is 103 Å². The maximum atomic E-state index is 13.0. The molecule has 0 heterocycles. The van der Waals surface area contributed by atoms with Gasteiger partial charge in [0.2, 0.25) is 0 Å². The molecule has 1 N–H and O–H groups in total. The number of likely N-dealkylation sites (N-methyl/N-ethyl adjacent to an activating group) is 1. The fourth-order valence-corrected chi connectivity index (χ4v) is 11.1. The Hall–Kier alpha value is -4.05. The molecule has 0 aromatic carbocycles. The van der Waals surface area contributed by atoms with Gasteiger partial charge in [0.1, 0.15) is 13.2 Å². The van der Waals surface area contributed by atoms with Crippen LogP contribution in [0.3, 0.4) is 0 Å². The van der Waals surface area contributed by atoms with Crippen LogP contribution >= 0.6 is 0 Å². The first-order valence-electron chi connectivity index (χ1n) is 39.1. The first-order valence-corrected chi connectivity index (χ1v) is 39.1. The predicted molar refractivity (Wildman–Crippen MR) is 401 cm³/mol. The number of rotatable bonds is 72. The Labute approximate surface area is 575 Å². The second-order valence-corrected chi connectivity index (χ2v) is 27.3. The van der Waals surface area contributed by atoms with Crippen molar-refractivity contribution in [2.75, 3.05) is 47.5 Å². The van der Waals surface area contributed by atoms with E-state index < -0.39 is 24.3 Å². The summed E-state index contributed by atoms with van der Waals surface area (Å²) in [6.07, 6.45) is 101. The fraction of sp³-hybridized carbons (Fsp3) is 0.750. The summed E-state index contributed by atoms with van der Waals surface area (Å²) in [6.45, 7) is 4.80. The molecule has 0 aliphatic heterocycles. The van der Waals surface area contributed by atoms with E-state index in [4.69, 9.17) is 18.9 Å². The Balaban J connectivity index is 4.05. The summed E-state index contributed by atoms with van der Waals surface area (Å²) in [4.78, 5) is 37.7. The third-order valence-electron chi connectivity index (χ3n) is 17.0. The number of ether oxygens (including phenoxy) is 4. The number of quaternary nitrogens is 1. The largest absolute Gasteiger partial charge is 0.477 e. The van der Waals surface area contributed by atoms with Crippen LogP contribution < -0.4 is 0 Å². The minimum Gasteiger partial charge on any atom is -0.477 e. The second-order valence-electron chi connectivity index (χ2n) is 27.3. The monoisotopic (exact) mass is 1300 g/mol. The summed E-state index contributed by atoms with van der Waals surface area (Å²) in [6, 6.07) is 0. The Morgan fingerprint density at radius 3 is 0.925 bits per heavy atom. The van der Waals surface area contributed by atoms with Gasteiger partial charge in [-0.3, -0.25) is 9.59 Å². The van der Waals surface area contributed by atoms with Gasteiger partial charge in [-0.25, -0.2) is 4.79 Å². The molecular weight excluding hydrogens is 1150 g/mol. The molecule has 0 aliphatic carbocycles. The smallest absolute Gasteiger partial charge is 0.361 e. The van der Waals surface area contributed by atoms with Gasteiger partial charge in [0.05, 0.1) is 34.4 Å². The van der Waals surface area contributed by atoms with E-state index in [1.807, 2.05) is 21.1 Å². The Kier molecular flexibility index (Phi) is 70.5. The van der Waals surface area contributed by atoms with E-state index in [2.05, 4.69) is 123 Å². The highest BCUT2D eigenvalue weighted by Gasteiger charge is 2.25. The molecule has 536 valence electrons. The zero-order chi connectivity index (χ0) is 67.5. The van der Waals surface area contributed by atoms with Crippen LogP contribution in [0.15, 0.2) is 109 Å². The number of esters is 2. The Morgan fingerprint density at radius 1 is 0.333 bits per heavy atom. The van der Waals surface area contributed by atoms with Crippen molar-refractivity contribution in [3.8, 4) is 0 Å². The molecule has 0 saturated heterocycles. The topological polar surface area (TPSA) is 108 Å². The number of carbonyl (C=O) groups excluding carboxylic acids is 2. The van der Waals surface area contributed by atoms with Crippen LogP contribution in [-0.2, 0) is 33.3 Å². The van der Waals surface area contributed by atoms with Gasteiger partial charge in [0.15, 0.2) is 6.10 Å². The molecule has 9 heteroatoms. The van der Waals surface area contributed by atoms with Crippen LogP contribution in [0.25, 0.3) is 0 Å². The van der Waals surface area contributed by atoms with Crippen molar-refractivity contribution in [1.82, 2.24) is 0 Å². The van der Waals surface area contributed by atoms with E-state index in [-0.39, 0.29) is 32.2 Å². The van der Waals surface area contributed by atoms with E-state index in [0.29, 0.717) is 17.4 Å². The maximum Gasteiger partial charge on any atom is 0.361 e. The van der Waals surface area contributed by atoms with Gasteiger partial charge in [0, 0.05) is 12.8 Å². The van der Waals surface area contributed by atoms with Crippen LogP contribution in [0.1, 0.15) is 348 Å². The lowest BCUT2D eigenvalue weighted by atomic mass is 10.0. The van der Waals surface area contributed by atoms with E-state index in [1.165, 1.54) is 231 Å². The van der Waals surface area contributed by atoms with Gasteiger partial charge < -0.3 is 28.5 Å². The van der Waals surface area contributed by atoms with Crippen molar-refractivity contribution in [3.05, 3.63) is 109 Å². The summed E-state index contributed by atoms with van der Waals surface area (Å²) < 4.78 is 23.0. The SMILES string of the molecule is CC/C=C\C/C=C\C/C=C\C/C=C\C/C=C\C/C=C\C/C=C\C/C=C\CCCCCCCCCCCCCCCCC(=O)OC(COC(=O)CCCCCCCCCCCCCCCCCCC/C=C\CCCCCCCCCC)COC(OCC[N+](C)(C)C)C(=O)O. The number of allylic oxidation sites excluding steroid dienone is 18. The molecule has 0 saturated carbocycles.